The second-order valence-electron chi connectivity index (χ2n) is 7.20. The lowest BCUT2D eigenvalue weighted by molar-refractivity contribution is -0.118. The summed E-state index contributed by atoms with van der Waals surface area (Å²) < 4.78 is 15.0. The Morgan fingerprint density at radius 3 is 2.62 bits per heavy atom. The molecule has 0 atom stereocenters. The Hall–Kier alpha value is -3.16. The maximum atomic E-state index is 13.7. The molecule has 32 heavy (non-hydrogen) atoms. The summed E-state index contributed by atoms with van der Waals surface area (Å²) in [5.74, 6) is -0.713. The van der Waals surface area contributed by atoms with Gasteiger partial charge in [0.25, 0.3) is 5.56 Å². The Morgan fingerprint density at radius 2 is 1.88 bits per heavy atom. The van der Waals surface area contributed by atoms with Crippen molar-refractivity contribution in [3.63, 3.8) is 0 Å². The van der Waals surface area contributed by atoms with Gasteiger partial charge in [-0.15, -0.1) is 0 Å². The lowest BCUT2D eigenvalue weighted by Gasteiger charge is -2.14. The number of aromatic nitrogens is 2. The summed E-state index contributed by atoms with van der Waals surface area (Å²) in [4.78, 5) is 30.2. The van der Waals surface area contributed by atoms with Crippen molar-refractivity contribution in [2.24, 2.45) is 0 Å². The van der Waals surface area contributed by atoms with E-state index in [4.69, 9.17) is 11.6 Å². The number of aryl methyl sites for hydroxylation is 1. The molecule has 0 saturated carbocycles. The Kier molecular flexibility index (Phi) is 6.58. The van der Waals surface area contributed by atoms with Crippen molar-refractivity contribution in [1.29, 1.82) is 0 Å². The third-order valence-corrected chi connectivity index (χ3v) is 6.08. The molecule has 162 valence electrons. The molecule has 1 aromatic heterocycles. The van der Waals surface area contributed by atoms with Crippen LogP contribution in [-0.4, -0.2) is 21.2 Å². The largest absolute Gasteiger partial charge is 0.351 e. The molecule has 0 aliphatic heterocycles. The molecule has 0 unspecified atom stereocenters. The van der Waals surface area contributed by atoms with E-state index < -0.39 is 5.82 Å². The van der Waals surface area contributed by atoms with E-state index >= 15 is 0 Å². The molecule has 0 bridgehead atoms. The van der Waals surface area contributed by atoms with Crippen LogP contribution in [0.4, 0.5) is 4.39 Å². The minimum absolute atomic E-state index is 0.0611. The highest BCUT2D eigenvalue weighted by Crippen LogP contribution is 2.24. The SMILES string of the molecule is Cc1ccc(CNC(=O)CSc2nc3ccccc3c(=O)n2-c2ccc(F)c(Cl)c2)cc1. The number of nitrogens with one attached hydrogen (secondary N) is 1. The molecule has 0 spiro atoms. The first-order chi connectivity index (χ1) is 15.4. The van der Waals surface area contributed by atoms with Gasteiger partial charge in [-0.3, -0.25) is 14.2 Å². The highest BCUT2D eigenvalue weighted by atomic mass is 35.5. The van der Waals surface area contributed by atoms with E-state index in [2.05, 4.69) is 10.3 Å². The van der Waals surface area contributed by atoms with Crippen molar-refractivity contribution < 1.29 is 9.18 Å². The number of fused-ring (bicyclic) bond motifs is 1. The quantitative estimate of drug-likeness (QED) is 0.324. The topological polar surface area (TPSA) is 64.0 Å². The maximum absolute atomic E-state index is 13.7. The predicted molar refractivity (Wildman–Crippen MR) is 126 cm³/mol. The van der Waals surface area contributed by atoms with Crippen LogP contribution in [0.5, 0.6) is 0 Å². The fourth-order valence-electron chi connectivity index (χ4n) is 3.15. The number of hydrogen-bond donors (Lipinski definition) is 1. The van der Waals surface area contributed by atoms with E-state index in [-0.39, 0.29) is 22.2 Å². The molecule has 1 N–H and O–H groups in total. The van der Waals surface area contributed by atoms with Crippen LogP contribution in [0.15, 0.2) is 76.7 Å². The third kappa shape index (κ3) is 4.84. The normalized spacial score (nSPS) is 11.0. The summed E-state index contributed by atoms with van der Waals surface area (Å²) >= 11 is 7.07. The number of carbonyl (C=O) groups excluding carboxylic acids is 1. The number of para-hydroxylation sites is 1. The van der Waals surface area contributed by atoms with E-state index in [1.54, 1.807) is 24.3 Å². The molecular formula is C24H19ClFN3O2S. The van der Waals surface area contributed by atoms with Crippen LogP contribution >= 0.6 is 23.4 Å². The zero-order chi connectivity index (χ0) is 22.7. The molecule has 0 aliphatic carbocycles. The van der Waals surface area contributed by atoms with Crippen molar-refractivity contribution in [3.8, 4) is 5.69 Å². The Labute approximate surface area is 193 Å². The van der Waals surface area contributed by atoms with Gasteiger partial charge in [-0.25, -0.2) is 9.37 Å². The molecule has 0 fully saturated rings. The monoisotopic (exact) mass is 467 g/mol. The summed E-state index contributed by atoms with van der Waals surface area (Å²) in [6.45, 7) is 2.41. The molecule has 5 nitrogen and oxygen atoms in total. The molecule has 4 aromatic rings. The lowest BCUT2D eigenvalue weighted by Crippen LogP contribution is -2.26. The summed E-state index contributed by atoms with van der Waals surface area (Å²) in [7, 11) is 0. The highest BCUT2D eigenvalue weighted by molar-refractivity contribution is 7.99. The van der Waals surface area contributed by atoms with E-state index in [0.29, 0.717) is 28.3 Å². The second kappa shape index (κ2) is 9.54. The van der Waals surface area contributed by atoms with Crippen LogP contribution in [0, 0.1) is 12.7 Å². The van der Waals surface area contributed by atoms with Gasteiger partial charge >= 0.3 is 0 Å². The fraction of sp³-hybridized carbons (Fsp3) is 0.125. The van der Waals surface area contributed by atoms with E-state index in [0.717, 1.165) is 22.9 Å². The first-order valence-corrected chi connectivity index (χ1v) is 11.2. The van der Waals surface area contributed by atoms with Gasteiger partial charge in [-0.1, -0.05) is 65.3 Å². The number of hydrogen-bond acceptors (Lipinski definition) is 4. The number of carbonyl (C=O) groups is 1. The first-order valence-electron chi connectivity index (χ1n) is 9.84. The molecule has 0 aliphatic rings. The van der Waals surface area contributed by atoms with Crippen molar-refractivity contribution in [2.45, 2.75) is 18.6 Å². The zero-order valence-corrected chi connectivity index (χ0v) is 18.7. The predicted octanol–water partition coefficient (Wildman–Crippen LogP) is 4.90. The molecular weight excluding hydrogens is 449 g/mol. The number of benzene rings is 3. The van der Waals surface area contributed by atoms with Crippen molar-refractivity contribution in [2.75, 3.05) is 5.75 Å². The average Bonchev–Trinajstić information content (AvgIpc) is 2.79. The van der Waals surface area contributed by atoms with Crippen LogP contribution in [0.1, 0.15) is 11.1 Å². The summed E-state index contributed by atoms with van der Waals surface area (Å²) in [6, 6.07) is 18.9. The van der Waals surface area contributed by atoms with Gasteiger partial charge < -0.3 is 5.32 Å². The van der Waals surface area contributed by atoms with Gasteiger partial charge in [0.2, 0.25) is 5.91 Å². The fourth-order valence-corrected chi connectivity index (χ4v) is 4.17. The smallest absolute Gasteiger partial charge is 0.266 e. The van der Waals surface area contributed by atoms with Crippen LogP contribution in [0.3, 0.4) is 0 Å². The molecule has 1 amide bonds. The van der Waals surface area contributed by atoms with Crippen molar-refractivity contribution in [3.05, 3.63) is 99.1 Å². The molecule has 0 radical (unpaired) electrons. The zero-order valence-electron chi connectivity index (χ0n) is 17.1. The summed E-state index contributed by atoms with van der Waals surface area (Å²) in [5.41, 5.74) is 2.72. The van der Waals surface area contributed by atoms with Crippen LogP contribution < -0.4 is 10.9 Å². The van der Waals surface area contributed by atoms with Gasteiger partial charge in [-0.2, -0.15) is 0 Å². The molecule has 8 heteroatoms. The van der Waals surface area contributed by atoms with Crippen LogP contribution in [0.25, 0.3) is 16.6 Å². The number of rotatable bonds is 6. The molecule has 1 heterocycles. The Morgan fingerprint density at radius 1 is 1.12 bits per heavy atom. The van der Waals surface area contributed by atoms with Crippen molar-refractivity contribution in [1.82, 2.24) is 14.9 Å². The number of nitrogens with zero attached hydrogens (tertiary/aromatic N) is 2. The lowest BCUT2D eigenvalue weighted by atomic mass is 10.1. The summed E-state index contributed by atoms with van der Waals surface area (Å²) in [6.07, 6.45) is 0. The van der Waals surface area contributed by atoms with Gasteiger partial charge in [0.05, 0.1) is 27.4 Å². The average molecular weight is 468 g/mol. The minimum Gasteiger partial charge on any atom is -0.351 e. The first kappa shape index (κ1) is 22.0. The maximum Gasteiger partial charge on any atom is 0.266 e. The minimum atomic E-state index is -0.582. The highest BCUT2D eigenvalue weighted by Gasteiger charge is 2.16. The standard InChI is InChI=1S/C24H19ClFN3O2S/c1-15-6-8-16(9-7-15)13-27-22(30)14-32-24-28-21-5-3-2-4-18(21)23(31)29(24)17-10-11-20(26)19(25)12-17/h2-12H,13-14H2,1H3,(H,27,30). The number of halogens is 2. The van der Waals surface area contributed by atoms with E-state index in [9.17, 15) is 14.0 Å². The van der Waals surface area contributed by atoms with Gasteiger partial charge in [0.1, 0.15) is 5.82 Å². The molecule has 3 aromatic carbocycles. The third-order valence-electron chi connectivity index (χ3n) is 4.85. The molecule has 0 saturated heterocycles. The van der Waals surface area contributed by atoms with Crippen LogP contribution in [-0.2, 0) is 11.3 Å². The molecule has 4 rings (SSSR count). The van der Waals surface area contributed by atoms with Gasteiger partial charge in [-0.05, 0) is 42.8 Å². The Balaban J connectivity index is 1.60. The number of thioether (sulfide) groups is 1. The van der Waals surface area contributed by atoms with Gasteiger partial charge in [0.15, 0.2) is 5.16 Å². The van der Waals surface area contributed by atoms with E-state index in [1.165, 1.54) is 22.8 Å². The summed E-state index contributed by atoms with van der Waals surface area (Å²) in [5, 5.41) is 3.51. The Bertz CT molecular complexity index is 1360. The number of amides is 1. The van der Waals surface area contributed by atoms with Gasteiger partial charge in [0, 0.05) is 6.54 Å². The second-order valence-corrected chi connectivity index (χ2v) is 8.55. The van der Waals surface area contributed by atoms with Crippen LogP contribution in [0.2, 0.25) is 5.02 Å². The van der Waals surface area contributed by atoms with Crippen molar-refractivity contribution >= 4 is 40.2 Å². The van der Waals surface area contributed by atoms with E-state index in [1.807, 2.05) is 31.2 Å².